The summed E-state index contributed by atoms with van der Waals surface area (Å²) in [5, 5.41) is 19.9. The summed E-state index contributed by atoms with van der Waals surface area (Å²) in [4.78, 5) is 0. The molecule has 0 fully saturated rings. The largest absolute Gasteiger partial charge is 0.393 e. The first-order valence-electron chi connectivity index (χ1n) is 8.65. The van der Waals surface area contributed by atoms with E-state index >= 15 is 0 Å². The maximum atomic E-state index is 10.5. The van der Waals surface area contributed by atoms with E-state index in [1.54, 1.807) is 6.92 Å². The third-order valence-electron chi connectivity index (χ3n) is 4.90. The molecule has 2 nitrogen and oxygen atoms in total. The van der Waals surface area contributed by atoms with Crippen LogP contribution in [-0.2, 0) is 0 Å². The summed E-state index contributed by atoms with van der Waals surface area (Å²) < 4.78 is 0. The first-order chi connectivity index (χ1) is 10.3. The third-order valence-corrected chi connectivity index (χ3v) is 4.90. The zero-order chi connectivity index (χ0) is 16.6. The maximum absolute atomic E-state index is 10.5. The Labute approximate surface area is 136 Å². The zero-order valence-corrected chi connectivity index (χ0v) is 14.9. The molecule has 0 aromatic heterocycles. The third kappa shape index (κ3) is 6.93. The minimum Gasteiger partial charge on any atom is -0.393 e. The highest BCUT2D eigenvalue weighted by molar-refractivity contribution is 5.08. The molecule has 22 heavy (non-hydrogen) atoms. The molecule has 0 radical (unpaired) electrons. The molecule has 126 valence electrons. The van der Waals surface area contributed by atoms with Gasteiger partial charge in [-0.1, -0.05) is 34.9 Å². The fraction of sp³-hybridized carbons (Fsp3) is 0.700. The summed E-state index contributed by atoms with van der Waals surface area (Å²) in [6, 6.07) is 0. The number of hydrogen-bond donors (Lipinski definition) is 2. The molecule has 2 heteroatoms. The van der Waals surface area contributed by atoms with Crippen molar-refractivity contribution < 1.29 is 10.2 Å². The molecular weight excluding hydrogens is 272 g/mol. The Morgan fingerprint density at radius 1 is 0.955 bits per heavy atom. The molecule has 1 aliphatic rings. The van der Waals surface area contributed by atoms with Crippen LogP contribution in [-0.4, -0.2) is 22.4 Å². The van der Waals surface area contributed by atoms with Gasteiger partial charge in [-0.25, -0.2) is 0 Å². The van der Waals surface area contributed by atoms with E-state index in [0.717, 1.165) is 44.9 Å². The Balaban J connectivity index is 2.87. The van der Waals surface area contributed by atoms with E-state index in [-0.39, 0.29) is 12.5 Å². The van der Waals surface area contributed by atoms with Crippen LogP contribution in [0.1, 0.15) is 72.6 Å². The van der Waals surface area contributed by atoms with Crippen molar-refractivity contribution in [1.82, 2.24) is 0 Å². The van der Waals surface area contributed by atoms with Gasteiger partial charge < -0.3 is 10.2 Å². The molecule has 2 unspecified atom stereocenters. The van der Waals surface area contributed by atoms with E-state index in [2.05, 4.69) is 39.0 Å². The van der Waals surface area contributed by atoms with Gasteiger partial charge in [-0.2, -0.15) is 0 Å². The average Bonchev–Trinajstić information content (AvgIpc) is 2.46. The van der Waals surface area contributed by atoms with Gasteiger partial charge in [-0.15, -0.1) is 0 Å². The fourth-order valence-corrected chi connectivity index (χ4v) is 2.96. The molecule has 0 aliphatic heterocycles. The summed E-state index contributed by atoms with van der Waals surface area (Å²) in [5.74, 6) is 0.107. The predicted molar refractivity (Wildman–Crippen MR) is 94.8 cm³/mol. The van der Waals surface area contributed by atoms with Gasteiger partial charge in [0.1, 0.15) is 0 Å². The molecule has 0 amide bonds. The van der Waals surface area contributed by atoms with Crippen molar-refractivity contribution in [3.8, 4) is 0 Å². The molecule has 0 bridgehead atoms. The van der Waals surface area contributed by atoms with Crippen LogP contribution in [0.5, 0.6) is 0 Å². The highest BCUT2D eigenvalue weighted by Crippen LogP contribution is 2.28. The number of allylic oxidation sites excluding steroid dienone is 6. The smallest absolute Gasteiger partial charge is 0.0880 e. The lowest BCUT2D eigenvalue weighted by atomic mass is 9.82. The van der Waals surface area contributed by atoms with Gasteiger partial charge >= 0.3 is 0 Å². The van der Waals surface area contributed by atoms with Gasteiger partial charge in [0, 0.05) is 0 Å². The SMILES string of the molecule is C/C1=C\CC/C(C)=C/CC(C(C)(O)CO)CC/C(C)=C/CC1. The average molecular weight is 306 g/mol. The van der Waals surface area contributed by atoms with Crippen molar-refractivity contribution in [3.63, 3.8) is 0 Å². The van der Waals surface area contributed by atoms with Crippen LogP contribution >= 0.6 is 0 Å². The first-order valence-corrected chi connectivity index (χ1v) is 8.65. The normalized spacial score (nSPS) is 32.5. The van der Waals surface area contributed by atoms with Crippen LogP contribution < -0.4 is 0 Å². The number of aliphatic hydroxyl groups excluding tert-OH is 1. The molecule has 2 atom stereocenters. The van der Waals surface area contributed by atoms with Crippen molar-refractivity contribution in [1.29, 1.82) is 0 Å². The zero-order valence-electron chi connectivity index (χ0n) is 14.9. The van der Waals surface area contributed by atoms with E-state index in [4.69, 9.17) is 0 Å². The van der Waals surface area contributed by atoms with Crippen LogP contribution in [0.4, 0.5) is 0 Å². The number of hydrogen-bond acceptors (Lipinski definition) is 2. The minimum atomic E-state index is -0.995. The lowest BCUT2D eigenvalue weighted by Gasteiger charge is -2.31. The van der Waals surface area contributed by atoms with Gasteiger partial charge in [0.25, 0.3) is 0 Å². The second-order valence-corrected chi connectivity index (χ2v) is 7.22. The van der Waals surface area contributed by atoms with Crippen LogP contribution in [0.25, 0.3) is 0 Å². The molecule has 2 N–H and O–H groups in total. The summed E-state index contributed by atoms with van der Waals surface area (Å²) >= 11 is 0. The van der Waals surface area contributed by atoms with Crippen molar-refractivity contribution >= 4 is 0 Å². The summed E-state index contributed by atoms with van der Waals surface area (Å²) in [7, 11) is 0. The predicted octanol–water partition coefficient (Wildman–Crippen LogP) is 4.93. The standard InChI is InChI=1S/C20H34O2/c1-16-7-5-9-17(2)11-13-19(20(4,22)15-21)14-12-18(3)10-6-8-16/h7,10-11,19,21-22H,5-6,8-9,12-15H2,1-4H3/b16-7+,17-11+,18-10+. The maximum Gasteiger partial charge on any atom is 0.0880 e. The summed E-state index contributed by atoms with van der Waals surface area (Å²) in [6.45, 7) is 8.16. The van der Waals surface area contributed by atoms with Gasteiger partial charge in [0.05, 0.1) is 12.2 Å². The molecule has 1 aliphatic carbocycles. The van der Waals surface area contributed by atoms with Gasteiger partial charge in [0.2, 0.25) is 0 Å². The van der Waals surface area contributed by atoms with Crippen LogP contribution in [0.2, 0.25) is 0 Å². The molecule has 0 spiro atoms. The molecule has 0 saturated heterocycles. The second-order valence-electron chi connectivity index (χ2n) is 7.22. The van der Waals surface area contributed by atoms with Gasteiger partial charge in [-0.05, 0) is 78.6 Å². The van der Waals surface area contributed by atoms with Crippen molar-refractivity contribution in [2.75, 3.05) is 6.61 Å². The minimum absolute atomic E-state index is 0.107. The van der Waals surface area contributed by atoms with E-state index < -0.39 is 5.60 Å². The Morgan fingerprint density at radius 3 is 2.00 bits per heavy atom. The fourth-order valence-electron chi connectivity index (χ4n) is 2.96. The van der Waals surface area contributed by atoms with Crippen LogP contribution in [0, 0.1) is 5.92 Å². The molecule has 0 heterocycles. The number of rotatable bonds is 2. The van der Waals surface area contributed by atoms with Crippen molar-refractivity contribution in [2.45, 2.75) is 78.2 Å². The van der Waals surface area contributed by atoms with Crippen LogP contribution in [0.3, 0.4) is 0 Å². The monoisotopic (exact) mass is 306 g/mol. The highest BCUT2D eigenvalue weighted by Gasteiger charge is 2.30. The second kappa shape index (κ2) is 9.32. The first kappa shape index (κ1) is 19.2. The van der Waals surface area contributed by atoms with Crippen LogP contribution in [0.15, 0.2) is 34.9 Å². The lowest BCUT2D eigenvalue weighted by molar-refractivity contribution is -0.0483. The van der Waals surface area contributed by atoms with E-state index in [9.17, 15) is 10.2 Å². The van der Waals surface area contributed by atoms with Crippen molar-refractivity contribution in [3.05, 3.63) is 34.9 Å². The highest BCUT2D eigenvalue weighted by atomic mass is 16.3. The van der Waals surface area contributed by atoms with Crippen molar-refractivity contribution in [2.24, 2.45) is 5.92 Å². The molecular formula is C20H34O2. The lowest BCUT2D eigenvalue weighted by Crippen LogP contribution is -2.38. The summed E-state index contributed by atoms with van der Waals surface area (Å²) in [6.07, 6.45) is 14.1. The number of aliphatic hydroxyl groups is 2. The topological polar surface area (TPSA) is 40.5 Å². The molecule has 0 aromatic carbocycles. The Bertz CT molecular complexity index is 427. The van der Waals surface area contributed by atoms with E-state index in [1.165, 1.54) is 16.7 Å². The quantitative estimate of drug-likeness (QED) is 0.710. The Hall–Kier alpha value is -0.860. The van der Waals surface area contributed by atoms with Gasteiger partial charge in [-0.3, -0.25) is 0 Å². The molecule has 1 rings (SSSR count). The Kier molecular flexibility index (Phi) is 8.13. The summed E-state index contributed by atoms with van der Waals surface area (Å²) in [5.41, 5.74) is 3.26. The molecule has 0 saturated carbocycles. The van der Waals surface area contributed by atoms with E-state index in [1.807, 2.05) is 0 Å². The molecule has 0 aromatic rings. The Morgan fingerprint density at radius 2 is 1.45 bits per heavy atom. The van der Waals surface area contributed by atoms with Gasteiger partial charge in [0.15, 0.2) is 0 Å². The van der Waals surface area contributed by atoms with E-state index in [0.29, 0.717) is 0 Å².